The minimum absolute atomic E-state index is 0.0101. The summed E-state index contributed by atoms with van der Waals surface area (Å²) in [5, 5.41) is 4.22. The smallest absolute Gasteiger partial charge is 0.270 e. The van der Waals surface area contributed by atoms with Crippen LogP contribution in [-0.4, -0.2) is 65.4 Å². The van der Waals surface area contributed by atoms with Crippen LogP contribution in [0.2, 0.25) is 0 Å². The standard InChI is InChI=1S/C25H36N4O2/c1-18-7-5-6-13-28(18)16-12-26-24(30)19(2)20-10-14-29(15-11-20)25(31)23-17-21-8-3-4-9-22(21)27-23/h3-4,8-9,17-20,27H,5-7,10-16H2,1-2H3,(H,26,30)/t18-,19-/m0/s1. The van der Waals surface area contributed by atoms with Crippen LogP contribution in [0.4, 0.5) is 0 Å². The fourth-order valence-electron chi connectivity index (χ4n) is 5.15. The van der Waals surface area contributed by atoms with E-state index in [0.717, 1.165) is 43.4 Å². The fraction of sp³-hybridized carbons (Fsp3) is 0.600. The fourth-order valence-corrected chi connectivity index (χ4v) is 5.15. The zero-order valence-corrected chi connectivity index (χ0v) is 18.9. The van der Waals surface area contributed by atoms with Crippen molar-refractivity contribution < 1.29 is 9.59 Å². The van der Waals surface area contributed by atoms with Gasteiger partial charge in [-0.05, 0) is 57.2 Å². The molecule has 0 radical (unpaired) electrons. The van der Waals surface area contributed by atoms with E-state index in [1.807, 2.05) is 42.2 Å². The SMILES string of the molecule is C[C@H](C(=O)NCCN1CCCC[C@@H]1C)C1CCN(C(=O)c2cc3ccccc3[nH]2)CC1. The largest absolute Gasteiger partial charge is 0.355 e. The lowest BCUT2D eigenvalue weighted by Crippen LogP contribution is -2.45. The van der Waals surface area contributed by atoms with Crippen LogP contribution in [0.3, 0.4) is 0 Å². The van der Waals surface area contributed by atoms with Crippen LogP contribution >= 0.6 is 0 Å². The number of amides is 2. The lowest BCUT2D eigenvalue weighted by atomic mass is 9.84. The molecule has 0 saturated carbocycles. The lowest BCUT2D eigenvalue weighted by molar-refractivity contribution is -0.126. The molecule has 2 saturated heterocycles. The van der Waals surface area contributed by atoms with Crippen molar-refractivity contribution in [2.75, 3.05) is 32.7 Å². The van der Waals surface area contributed by atoms with Crippen molar-refractivity contribution in [1.29, 1.82) is 0 Å². The molecule has 0 bridgehead atoms. The molecule has 0 aliphatic carbocycles. The number of benzene rings is 1. The summed E-state index contributed by atoms with van der Waals surface area (Å²) in [5.41, 5.74) is 1.64. The van der Waals surface area contributed by atoms with Crippen molar-refractivity contribution >= 4 is 22.7 Å². The van der Waals surface area contributed by atoms with E-state index in [0.29, 0.717) is 30.7 Å². The predicted octanol–water partition coefficient (Wildman–Crippen LogP) is 3.65. The molecule has 2 atom stereocenters. The number of piperidine rings is 2. The van der Waals surface area contributed by atoms with E-state index in [1.165, 1.54) is 19.3 Å². The Balaban J connectivity index is 1.23. The van der Waals surface area contributed by atoms with E-state index in [1.54, 1.807) is 0 Å². The van der Waals surface area contributed by atoms with Gasteiger partial charge in [0.1, 0.15) is 5.69 Å². The van der Waals surface area contributed by atoms with Crippen molar-refractivity contribution in [2.24, 2.45) is 11.8 Å². The number of nitrogens with zero attached hydrogens (tertiary/aromatic N) is 2. The highest BCUT2D eigenvalue weighted by molar-refractivity contribution is 5.98. The third-order valence-electron chi connectivity index (χ3n) is 7.35. The van der Waals surface area contributed by atoms with Crippen LogP contribution < -0.4 is 5.32 Å². The van der Waals surface area contributed by atoms with Crippen LogP contribution in [0.1, 0.15) is 56.4 Å². The highest BCUT2D eigenvalue weighted by Gasteiger charge is 2.30. The van der Waals surface area contributed by atoms with Crippen molar-refractivity contribution in [1.82, 2.24) is 20.1 Å². The van der Waals surface area contributed by atoms with Gasteiger partial charge in [-0.2, -0.15) is 0 Å². The first kappa shape index (κ1) is 21.9. The number of fused-ring (bicyclic) bond motifs is 1. The van der Waals surface area contributed by atoms with Gasteiger partial charge in [-0.15, -0.1) is 0 Å². The van der Waals surface area contributed by atoms with Crippen LogP contribution in [0, 0.1) is 11.8 Å². The number of H-pyrrole nitrogens is 1. The van der Waals surface area contributed by atoms with E-state index in [4.69, 9.17) is 0 Å². The highest BCUT2D eigenvalue weighted by Crippen LogP contribution is 2.26. The Hall–Kier alpha value is -2.34. The van der Waals surface area contributed by atoms with Gasteiger partial charge in [-0.3, -0.25) is 14.5 Å². The number of aromatic nitrogens is 1. The lowest BCUT2D eigenvalue weighted by Gasteiger charge is -2.35. The number of carbonyl (C=O) groups excluding carboxylic acids is 2. The molecule has 2 aromatic rings. The third-order valence-corrected chi connectivity index (χ3v) is 7.35. The number of likely N-dealkylation sites (tertiary alicyclic amines) is 2. The topological polar surface area (TPSA) is 68.4 Å². The number of hydrogen-bond acceptors (Lipinski definition) is 3. The highest BCUT2D eigenvalue weighted by atomic mass is 16.2. The molecule has 168 valence electrons. The van der Waals surface area contributed by atoms with Gasteiger partial charge in [0.25, 0.3) is 5.91 Å². The molecule has 1 aromatic carbocycles. The van der Waals surface area contributed by atoms with Crippen molar-refractivity contribution in [3.63, 3.8) is 0 Å². The molecule has 2 amide bonds. The first-order chi connectivity index (χ1) is 15.0. The normalized spacial score (nSPS) is 21.9. The molecule has 6 heteroatoms. The summed E-state index contributed by atoms with van der Waals surface area (Å²) in [6.45, 7) is 8.56. The Morgan fingerprint density at radius 1 is 1.13 bits per heavy atom. The monoisotopic (exact) mass is 424 g/mol. The Labute approximate surface area is 185 Å². The van der Waals surface area contributed by atoms with Gasteiger partial charge in [0, 0.05) is 49.0 Å². The summed E-state index contributed by atoms with van der Waals surface area (Å²) < 4.78 is 0. The maximum Gasteiger partial charge on any atom is 0.270 e. The minimum atomic E-state index is -0.0101. The van der Waals surface area contributed by atoms with Gasteiger partial charge < -0.3 is 15.2 Å². The molecule has 1 aromatic heterocycles. The van der Waals surface area contributed by atoms with Crippen molar-refractivity contribution in [3.8, 4) is 0 Å². The molecular formula is C25H36N4O2. The van der Waals surface area contributed by atoms with Gasteiger partial charge >= 0.3 is 0 Å². The van der Waals surface area contributed by atoms with Gasteiger partial charge in [0.15, 0.2) is 0 Å². The summed E-state index contributed by atoms with van der Waals surface area (Å²) in [5.74, 6) is 0.539. The molecule has 0 spiro atoms. The molecule has 31 heavy (non-hydrogen) atoms. The molecule has 3 heterocycles. The number of nitrogens with one attached hydrogen (secondary N) is 2. The molecule has 6 nitrogen and oxygen atoms in total. The first-order valence-electron chi connectivity index (χ1n) is 11.9. The maximum absolute atomic E-state index is 12.9. The van der Waals surface area contributed by atoms with Gasteiger partial charge in [-0.25, -0.2) is 0 Å². The van der Waals surface area contributed by atoms with E-state index in [-0.39, 0.29) is 17.7 Å². The Morgan fingerprint density at radius 2 is 1.90 bits per heavy atom. The van der Waals surface area contributed by atoms with E-state index in [2.05, 4.69) is 22.1 Å². The summed E-state index contributed by atoms with van der Waals surface area (Å²) >= 11 is 0. The average Bonchev–Trinajstić information content (AvgIpc) is 3.24. The van der Waals surface area contributed by atoms with Gasteiger partial charge in [0.2, 0.25) is 5.91 Å². The van der Waals surface area contributed by atoms with Crippen LogP contribution in [0.15, 0.2) is 30.3 Å². The quantitative estimate of drug-likeness (QED) is 0.744. The molecule has 2 N–H and O–H groups in total. The molecule has 0 unspecified atom stereocenters. The van der Waals surface area contributed by atoms with Crippen LogP contribution in [0.5, 0.6) is 0 Å². The van der Waals surface area contributed by atoms with Gasteiger partial charge in [0.05, 0.1) is 0 Å². The Morgan fingerprint density at radius 3 is 2.65 bits per heavy atom. The number of para-hydroxylation sites is 1. The zero-order chi connectivity index (χ0) is 21.8. The van der Waals surface area contributed by atoms with Crippen LogP contribution in [-0.2, 0) is 4.79 Å². The maximum atomic E-state index is 12.9. The summed E-state index contributed by atoms with van der Waals surface area (Å²) in [4.78, 5) is 33.2. The zero-order valence-electron chi connectivity index (χ0n) is 18.9. The van der Waals surface area contributed by atoms with E-state index < -0.39 is 0 Å². The summed E-state index contributed by atoms with van der Waals surface area (Å²) in [6, 6.07) is 10.5. The number of carbonyl (C=O) groups is 2. The molecule has 2 aliphatic heterocycles. The third kappa shape index (κ3) is 5.12. The second kappa shape index (κ2) is 9.86. The summed E-state index contributed by atoms with van der Waals surface area (Å²) in [7, 11) is 0. The Kier molecular flexibility index (Phi) is 6.96. The molecule has 2 fully saturated rings. The molecular weight excluding hydrogens is 388 g/mol. The van der Waals surface area contributed by atoms with Crippen molar-refractivity contribution in [2.45, 2.75) is 52.0 Å². The minimum Gasteiger partial charge on any atom is -0.355 e. The first-order valence-corrected chi connectivity index (χ1v) is 11.9. The summed E-state index contributed by atoms with van der Waals surface area (Å²) in [6.07, 6.45) is 5.61. The van der Waals surface area contributed by atoms with Crippen molar-refractivity contribution in [3.05, 3.63) is 36.0 Å². The second-order valence-electron chi connectivity index (χ2n) is 9.36. The van der Waals surface area contributed by atoms with Gasteiger partial charge in [-0.1, -0.05) is 31.5 Å². The molecule has 4 rings (SSSR count). The van der Waals surface area contributed by atoms with Crippen LogP contribution in [0.25, 0.3) is 10.9 Å². The number of aromatic amines is 1. The average molecular weight is 425 g/mol. The molecule has 2 aliphatic rings. The Bertz CT molecular complexity index is 867. The number of rotatable bonds is 6. The second-order valence-corrected chi connectivity index (χ2v) is 9.36. The number of hydrogen-bond donors (Lipinski definition) is 2. The van der Waals surface area contributed by atoms with E-state index >= 15 is 0 Å². The predicted molar refractivity (Wildman–Crippen MR) is 124 cm³/mol. The van der Waals surface area contributed by atoms with E-state index in [9.17, 15) is 9.59 Å².